The zero-order valence-corrected chi connectivity index (χ0v) is 8.44. The fourth-order valence-corrected chi connectivity index (χ4v) is 1.63. The molecule has 14 heavy (non-hydrogen) atoms. The number of carboxylic acids is 1. The Morgan fingerprint density at radius 1 is 1.36 bits per heavy atom. The highest BCUT2D eigenvalue weighted by Gasteiger charge is 2.10. The predicted molar refractivity (Wildman–Crippen MR) is 56.3 cm³/mol. The number of carbonyl (C=O) groups is 1. The molecule has 1 atom stereocenters. The van der Waals surface area contributed by atoms with Crippen LogP contribution in [0.5, 0.6) is 0 Å². The monoisotopic (exact) mass is 192 g/mol. The summed E-state index contributed by atoms with van der Waals surface area (Å²) in [5.74, 6) is -0.327. The van der Waals surface area contributed by atoms with Crippen molar-refractivity contribution in [1.29, 1.82) is 0 Å². The van der Waals surface area contributed by atoms with E-state index in [4.69, 9.17) is 5.11 Å². The van der Waals surface area contributed by atoms with E-state index < -0.39 is 5.97 Å². The lowest BCUT2D eigenvalue weighted by molar-refractivity contribution is -0.137. The number of hydrogen-bond donors (Lipinski definition) is 1. The van der Waals surface area contributed by atoms with Crippen molar-refractivity contribution in [2.75, 3.05) is 0 Å². The normalized spacial score (nSPS) is 12.4. The molecule has 0 heterocycles. The molecule has 0 aliphatic carbocycles. The minimum absolute atomic E-state index is 0.257. The Morgan fingerprint density at radius 2 is 2.00 bits per heavy atom. The van der Waals surface area contributed by atoms with Crippen LogP contribution in [0.15, 0.2) is 30.3 Å². The summed E-state index contributed by atoms with van der Waals surface area (Å²) in [6, 6.07) is 10.1. The second-order valence-corrected chi connectivity index (χ2v) is 3.45. The number of benzene rings is 1. The van der Waals surface area contributed by atoms with Crippen LogP contribution in [0, 0.1) is 0 Å². The SMILES string of the molecule is CC[C@@H](CCC(=O)O)c1ccccc1. The summed E-state index contributed by atoms with van der Waals surface area (Å²) in [4.78, 5) is 10.5. The van der Waals surface area contributed by atoms with Gasteiger partial charge in [-0.3, -0.25) is 4.79 Å². The zero-order chi connectivity index (χ0) is 10.4. The van der Waals surface area contributed by atoms with Gasteiger partial charge < -0.3 is 5.11 Å². The Morgan fingerprint density at radius 3 is 2.50 bits per heavy atom. The summed E-state index contributed by atoms with van der Waals surface area (Å²) in [5, 5.41) is 8.60. The zero-order valence-electron chi connectivity index (χ0n) is 8.44. The van der Waals surface area contributed by atoms with E-state index in [-0.39, 0.29) is 6.42 Å². The number of rotatable bonds is 5. The van der Waals surface area contributed by atoms with Crippen molar-refractivity contribution in [3.8, 4) is 0 Å². The lowest BCUT2D eigenvalue weighted by atomic mass is 9.92. The molecule has 2 heteroatoms. The van der Waals surface area contributed by atoms with Gasteiger partial charge in [-0.05, 0) is 24.3 Å². The summed E-state index contributed by atoms with van der Waals surface area (Å²) in [5.41, 5.74) is 1.25. The average molecular weight is 192 g/mol. The highest BCUT2D eigenvalue weighted by molar-refractivity contribution is 5.66. The maximum absolute atomic E-state index is 10.5. The average Bonchev–Trinajstić information content (AvgIpc) is 2.20. The van der Waals surface area contributed by atoms with Crippen molar-refractivity contribution >= 4 is 5.97 Å². The molecule has 0 radical (unpaired) electrons. The summed E-state index contributed by atoms with van der Waals surface area (Å²) in [6.45, 7) is 2.10. The van der Waals surface area contributed by atoms with Crippen LogP contribution in [0.2, 0.25) is 0 Å². The molecule has 1 rings (SSSR count). The number of hydrogen-bond acceptors (Lipinski definition) is 1. The van der Waals surface area contributed by atoms with Crippen LogP contribution in [0.4, 0.5) is 0 Å². The molecule has 0 aliphatic rings. The standard InChI is InChI=1S/C12H16O2/c1-2-10(8-9-12(13)14)11-6-4-3-5-7-11/h3-7,10H,2,8-9H2,1H3,(H,13,14)/t10-/m0/s1. The number of aliphatic carboxylic acids is 1. The molecule has 0 fully saturated rings. The second kappa shape index (κ2) is 5.43. The smallest absolute Gasteiger partial charge is 0.303 e. The Kier molecular flexibility index (Phi) is 4.17. The van der Waals surface area contributed by atoms with E-state index in [9.17, 15) is 4.79 Å². The molecule has 0 unspecified atom stereocenters. The van der Waals surface area contributed by atoms with Gasteiger partial charge in [0.1, 0.15) is 0 Å². The first kappa shape index (κ1) is 10.8. The van der Waals surface area contributed by atoms with E-state index in [2.05, 4.69) is 19.1 Å². The van der Waals surface area contributed by atoms with Crippen LogP contribution in [-0.2, 0) is 4.79 Å². The molecule has 0 aliphatic heterocycles. The van der Waals surface area contributed by atoms with Gasteiger partial charge in [-0.25, -0.2) is 0 Å². The summed E-state index contributed by atoms with van der Waals surface area (Å²) < 4.78 is 0. The maximum Gasteiger partial charge on any atom is 0.303 e. The van der Waals surface area contributed by atoms with Crippen LogP contribution in [0.3, 0.4) is 0 Å². The van der Waals surface area contributed by atoms with Gasteiger partial charge in [0.05, 0.1) is 0 Å². The first-order valence-corrected chi connectivity index (χ1v) is 5.00. The minimum Gasteiger partial charge on any atom is -0.481 e. The Hall–Kier alpha value is -1.31. The first-order chi connectivity index (χ1) is 6.74. The van der Waals surface area contributed by atoms with Crippen molar-refractivity contribution in [2.45, 2.75) is 32.1 Å². The van der Waals surface area contributed by atoms with E-state index in [1.54, 1.807) is 0 Å². The van der Waals surface area contributed by atoms with E-state index >= 15 is 0 Å². The van der Waals surface area contributed by atoms with Gasteiger partial charge in [0.25, 0.3) is 0 Å². The van der Waals surface area contributed by atoms with Crippen molar-refractivity contribution < 1.29 is 9.90 Å². The molecule has 76 valence electrons. The molecule has 0 aromatic heterocycles. The third-order valence-corrected chi connectivity index (χ3v) is 2.47. The van der Waals surface area contributed by atoms with E-state index in [1.165, 1.54) is 5.56 Å². The van der Waals surface area contributed by atoms with Gasteiger partial charge in [-0.2, -0.15) is 0 Å². The highest BCUT2D eigenvalue weighted by atomic mass is 16.4. The quantitative estimate of drug-likeness (QED) is 0.778. The van der Waals surface area contributed by atoms with Crippen molar-refractivity contribution in [2.24, 2.45) is 0 Å². The van der Waals surface area contributed by atoms with Crippen molar-refractivity contribution in [3.63, 3.8) is 0 Å². The fourth-order valence-electron chi connectivity index (χ4n) is 1.63. The topological polar surface area (TPSA) is 37.3 Å². The summed E-state index contributed by atoms with van der Waals surface area (Å²) >= 11 is 0. The van der Waals surface area contributed by atoms with Gasteiger partial charge in [0.15, 0.2) is 0 Å². The molecule has 0 spiro atoms. The van der Waals surface area contributed by atoms with Crippen LogP contribution in [0.1, 0.15) is 37.7 Å². The molecule has 0 saturated heterocycles. The first-order valence-electron chi connectivity index (χ1n) is 5.00. The maximum atomic E-state index is 10.5. The fraction of sp³-hybridized carbons (Fsp3) is 0.417. The van der Waals surface area contributed by atoms with E-state index in [0.717, 1.165) is 12.8 Å². The molecule has 2 nitrogen and oxygen atoms in total. The van der Waals surface area contributed by atoms with E-state index in [0.29, 0.717) is 5.92 Å². The largest absolute Gasteiger partial charge is 0.481 e. The van der Waals surface area contributed by atoms with Crippen LogP contribution in [-0.4, -0.2) is 11.1 Å². The predicted octanol–water partition coefficient (Wildman–Crippen LogP) is 3.05. The summed E-state index contributed by atoms with van der Waals surface area (Å²) in [6.07, 6.45) is 1.99. The molecular weight excluding hydrogens is 176 g/mol. The molecule has 1 N–H and O–H groups in total. The highest BCUT2D eigenvalue weighted by Crippen LogP contribution is 2.24. The molecule has 0 saturated carbocycles. The van der Waals surface area contributed by atoms with Crippen molar-refractivity contribution in [3.05, 3.63) is 35.9 Å². The Bertz CT molecular complexity index is 280. The van der Waals surface area contributed by atoms with Gasteiger partial charge in [-0.1, -0.05) is 37.3 Å². The molecule has 0 bridgehead atoms. The molecule has 0 amide bonds. The third kappa shape index (κ3) is 3.21. The lowest BCUT2D eigenvalue weighted by Crippen LogP contribution is -2.02. The lowest BCUT2D eigenvalue weighted by Gasteiger charge is -2.13. The molecule has 1 aromatic rings. The Labute approximate surface area is 84.6 Å². The number of carboxylic acid groups (broad SMARTS) is 1. The minimum atomic E-state index is -0.709. The molecular formula is C12H16O2. The van der Waals surface area contributed by atoms with Gasteiger partial charge >= 0.3 is 5.97 Å². The van der Waals surface area contributed by atoms with Gasteiger partial charge in [0, 0.05) is 6.42 Å². The van der Waals surface area contributed by atoms with E-state index in [1.807, 2.05) is 18.2 Å². The third-order valence-electron chi connectivity index (χ3n) is 2.47. The summed E-state index contributed by atoms with van der Waals surface area (Å²) in [7, 11) is 0. The van der Waals surface area contributed by atoms with Gasteiger partial charge in [0.2, 0.25) is 0 Å². The second-order valence-electron chi connectivity index (χ2n) is 3.45. The van der Waals surface area contributed by atoms with Crippen LogP contribution in [0.25, 0.3) is 0 Å². The van der Waals surface area contributed by atoms with Gasteiger partial charge in [-0.15, -0.1) is 0 Å². The molecule has 1 aromatic carbocycles. The Balaban J connectivity index is 2.58. The van der Waals surface area contributed by atoms with Crippen LogP contribution >= 0.6 is 0 Å². The van der Waals surface area contributed by atoms with Crippen LogP contribution < -0.4 is 0 Å². The van der Waals surface area contributed by atoms with Crippen molar-refractivity contribution in [1.82, 2.24) is 0 Å².